The van der Waals surface area contributed by atoms with Gasteiger partial charge in [-0.05, 0) is 94.4 Å². The number of amides is 1. The maximum absolute atomic E-state index is 12.5. The first kappa shape index (κ1) is 16.1. The topological polar surface area (TPSA) is 42.0 Å². The van der Waals surface area contributed by atoms with Crippen LogP contribution in [0.2, 0.25) is 0 Å². The molecule has 3 aromatic rings. The van der Waals surface area contributed by atoms with Crippen LogP contribution in [0.1, 0.15) is 21.5 Å². The van der Waals surface area contributed by atoms with Crippen LogP contribution in [0.3, 0.4) is 0 Å². The van der Waals surface area contributed by atoms with Crippen molar-refractivity contribution in [1.82, 2.24) is 4.98 Å². The fourth-order valence-corrected chi connectivity index (χ4v) is 4.37. The lowest BCUT2D eigenvalue weighted by Crippen LogP contribution is -2.13. The maximum Gasteiger partial charge on any atom is 0.258 e. The number of hydrogen-bond acceptors (Lipinski definition) is 3. The van der Waals surface area contributed by atoms with Gasteiger partial charge in [-0.15, -0.1) is 0 Å². The van der Waals surface area contributed by atoms with Gasteiger partial charge in [-0.1, -0.05) is 17.4 Å². The summed E-state index contributed by atoms with van der Waals surface area (Å²) in [4.78, 5) is 17.0. The summed E-state index contributed by atoms with van der Waals surface area (Å²) in [7, 11) is 0. The molecule has 0 aliphatic heterocycles. The van der Waals surface area contributed by atoms with Crippen molar-refractivity contribution in [3.63, 3.8) is 0 Å². The highest BCUT2D eigenvalue weighted by Crippen LogP contribution is 2.30. The molecule has 0 bridgehead atoms. The first-order chi connectivity index (χ1) is 10.4. The molecular formula is C16H12I2N2OS. The summed E-state index contributed by atoms with van der Waals surface area (Å²) < 4.78 is 3.08. The number of rotatable bonds is 2. The molecule has 1 heterocycles. The van der Waals surface area contributed by atoms with E-state index in [1.54, 1.807) is 0 Å². The molecule has 0 saturated carbocycles. The molecule has 0 aliphatic rings. The largest absolute Gasteiger partial charge is 0.298 e. The second kappa shape index (κ2) is 6.40. The highest BCUT2D eigenvalue weighted by atomic mass is 127. The number of hydrogen-bond donors (Lipinski definition) is 1. The highest BCUT2D eigenvalue weighted by molar-refractivity contribution is 14.1. The minimum Gasteiger partial charge on any atom is -0.298 e. The molecule has 3 nitrogen and oxygen atoms in total. The van der Waals surface area contributed by atoms with Crippen LogP contribution < -0.4 is 5.32 Å². The molecule has 1 aromatic heterocycles. The average molecular weight is 534 g/mol. The second-order valence-corrected chi connectivity index (χ2v) is 8.46. The van der Waals surface area contributed by atoms with E-state index in [2.05, 4.69) is 74.5 Å². The van der Waals surface area contributed by atoms with Crippen molar-refractivity contribution in [2.24, 2.45) is 0 Å². The number of aryl methyl sites for hydroxylation is 2. The Bertz CT molecular complexity index is 889. The van der Waals surface area contributed by atoms with E-state index in [0.717, 1.165) is 22.9 Å². The Balaban J connectivity index is 1.94. The zero-order valence-electron chi connectivity index (χ0n) is 11.9. The van der Waals surface area contributed by atoms with Gasteiger partial charge >= 0.3 is 0 Å². The van der Waals surface area contributed by atoms with Crippen molar-refractivity contribution < 1.29 is 4.79 Å². The van der Waals surface area contributed by atoms with Crippen LogP contribution in [0.5, 0.6) is 0 Å². The molecular weight excluding hydrogens is 522 g/mol. The fourth-order valence-electron chi connectivity index (χ4n) is 2.26. The van der Waals surface area contributed by atoms with E-state index in [4.69, 9.17) is 0 Å². The third-order valence-corrected chi connectivity index (χ3v) is 5.75. The van der Waals surface area contributed by atoms with Gasteiger partial charge in [-0.2, -0.15) is 0 Å². The van der Waals surface area contributed by atoms with Crippen LogP contribution in [-0.2, 0) is 0 Å². The Morgan fingerprint density at radius 3 is 2.73 bits per heavy atom. The number of carbonyl (C=O) groups is 1. The molecule has 6 heteroatoms. The average Bonchev–Trinajstić information content (AvgIpc) is 2.84. The Labute approximate surface area is 159 Å². The van der Waals surface area contributed by atoms with Gasteiger partial charge in [0.1, 0.15) is 0 Å². The fraction of sp³-hybridized carbons (Fsp3) is 0.125. The quantitative estimate of drug-likeness (QED) is 0.450. The van der Waals surface area contributed by atoms with Crippen molar-refractivity contribution in [2.75, 3.05) is 5.32 Å². The molecule has 1 N–H and O–H groups in total. The molecule has 0 atom stereocenters. The standard InChI is InChI=1S/C16H12I2N2OS/c1-8-5-9(2)14-13(6-8)22-16(19-14)20-15(21)11-7-10(17)3-4-12(11)18/h3-7H,1-2H3,(H,19,20,21). The lowest BCUT2D eigenvalue weighted by Gasteiger charge is -2.04. The van der Waals surface area contributed by atoms with E-state index < -0.39 is 0 Å². The van der Waals surface area contributed by atoms with Gasteiger partial charge in [0, 0.05) is 7.14 Å². The minimum atomic E-state index is -0.114. The van der Waals surface area contributed by atoms with Crippen LogP contribution in [0, 0.1) is 21.0 Å². The normalized spacial score (nSPS) is 10.9. The summed E-state index contributed by atoms with van der Waals surface area (Å²) in [6.45, 7) is 4.11. The van der Waals surface area contributed by atoms with Crippen molar-refractivity contribution in [3.05, 3.63) is 54.2 Å². The van der Waals surface area contributed by atoms with E-state index in [9.17, 15) is 4.79 Å². The van der Waals surface area contributed by atoms with Crippen molar-refractivity contribution in [2.45, 2.75) is 13.8 Å². The molecule has 0 aliphatic carbocycles. The molecule has 112 valence electrons. The Morgan fingerprint density at radius 2 is 1.95 bits per heavy atom. The summed E-state index contributed by atoms with van der Waals surface area (Å²) in [5.74, 6) is -0.114. The summed E-state index contributed by atoms with van der Waals surface area (Å²) >= 11 is 5.90. The van der Waals surface area contributed by atoms with Crippen LogP contribution in [0.15, 0.2) is 30.3 Å². The summed E-state index contributed by atoms with van der Waals surface area (Å²) in [6, 6.07) is 10.0. The monoisotopic (exact) mass is 534 g/mol. The molecule has 0 fully saturated rings. The number of nitrogens with one attached hydrogen (secondary N) is 1. The predicted molar refractivity (Wildman–Crippen MR) is 109 cm³/mol. The molecule has 22 heavy (non-hydrogen) atoms. The van der Waals surface area contributed by atoms with Crippen molar-refractivity contribution in [1.29, 1.82) is 0 Å². The lowest BCUT2D eigenvalue weighted by atomic mass is 10.1. The lowest BCUT2D eigenvalue weighted by molar-refractivity contribution is 0.102. The molecule has 0 saturated heterocycles. The van der Waals surface area contributed by atoms with Gasteiger partial charge in [-0.3, -0.25) is 10.1 Å². The summed E-state index contributed by atoms with van der Waals surface area (Å²) in [5, 5.41) is 3.56. The van der Waals surface area contributed by atoms with Crippen LogP contribution in [0.25, 0.3) is 10.2 Å². The molecule has 1 amide bonds. The summed E-state index contributed by atoms with van der Waals surface area (Å²) in [5.41, 5.74) is 3.98. The van der Waals surface area contributed by atoms with Crippen LogP contribution in [-0.4, -0.2) is 10.9 Å². The van der Waals surface area contributed by atoms with Gasteiger partial charge in [0.2, 0.25) is 0 Å². The second-order valence-electron chi connectivity index (χ2n) is 5.03. The Morgan fingerprint density at radius 1 is 1.18 bits per heavy atom. The first-order valence-electron chi connectivity index (χ1n) is 6.58. The van der Waals surface area contributed by atoms with Gasteiger partial charge < -0.3 is 0 Å². The van der Waals surface area contributed by atoms with Gasteiger partial charge in [0.05, 0.1) is 15.8 Å². The number of nitrogens with zero attached hydrogens (tertiary/aromatic N) is 1. The van der Waals surface area contributed by atoms with Gasteiger partial charge in [0.25, 0.3) is 5.91 Å². The van der Waals surface area contributed by atoms with Crippen LogP contribution >= 0.6 is 56.5 Å². The maximum atomic E-state index is 12.5. The number of carbonyl (C=O) groups excluding carboxylic acids is 1. The van der Waals surface area contributed by atoms with E-state index in [1.165, 1.54) is 16.9 Å². The number of halogens is 2. The van der Waals surface area contributed by atoms with Crippen molar-refractivity contribution in [3.8, 4) is 0 Å². The number of fused-ring (bicyclic) bond motifs is 1. The number of aromatic nitrogens is 1. The molecule has 2 aromatic carbocycles. The first-order valence-corrected chi connectivity index (χ1v) is 9.55. The molecule has 0 spiro atoms. The Hall–Kier alpha value is -0.740. The molecule has 3 rings (SSSR count). The minimum absolute atomic E-state index is 0.114. The Kier molecular flexibility index (Phi) is 4.69. The highest BCUT2D eigenvalue weighted by Gasteiger charge is 2.14. The number of thiazole rings is 1. The number of anilines is 1. The predicted octanol–water partition coefficient (Wildman–Crippen LogP) is 5.37. The van der Waals surface area contributed by atoms with E-state index in [0.29, 0.717) is 10.7 Å². The molecule has 0 radical (unpaired) electrons. The zero-order valence-corrected chi connectivity index (χ0v) is 17.0. The van der Waals surface area contributed by atoms with E-state index >= 15 is 0 Å². The SMILES string of the molecule is Cc1cc(C)c2nc(NC(=O)c3cc(I)ccc3I)sc2c1. The third-order valence-electron chi connectivity index (χ3n) is 3.22. The van der Waals surface area contributed by atoms with E-state index in [-0.39, 0.29) is 5.91 Å². The van der Waals surface area contributed by atoms with Gasteiger partial charge in [0.15, 0.2) is 5.13 Å². The van der Waals surface area contributed by atoms with Crippen molar-refractivity contribution >= 4 is 77.8 Å². The van der Waals surface area contributed by atoms with Gasteiger partial charge in [-0.25, -0.2) is 4.98 Å². The zero-order chi connectivity index (χ0) is 15.9. The molecule has 0 unspecified atom stereocenters. The van der Waals surface area contributed by atoms with E-state index in [1.807, 2.05) is 25.1 Å². The summed E-state index contributed by atoms with van der Waals surface area (Å²) in [6.07, 6.45) is 0. The third kappa shape index (κ3) is 3.28. The number of benzene rings is 2. The smallest absolute Gasteiger partial charge is 0.258 e. The van der Waals surface area contributed by atoms with Crippen LogP contribution in [0.4, 0.5) is 5.13 Å².